The number of hydrogen-bond acceptors (Lipinski definition) is 7. The molecule has 4 heterocycles. The Morgan fingerprint density at radius 1 is 1.48 bits per heavy atom. The van der Waals surface area contributed by atoms with E-state index in [1.54, 1.807) is 17.5 Å². The van der Waals surface area contributed by atoms with E-state index in [0.717, 1.165) is 22.7 Å². The summed E-state index contributed by atoms with van der Waals surface area (Å²) >= 11 is 3.40. The van der Waals surface area contributed by atoms with E-state index >= 15 is 0 Å². The zero-order chi connectivity index (χ0) is 16.0. The molecule has 8 heteroatoms. The highest BCUT2D eigenvalue weighted by atomic mass is 32.2. The number of nitrogens with zero attached hydrogens (tertiary/aromatic N) is 4. The Morgan fingerprint density at radius 3 is 3.09 bits per heavy atom. The summed E-state index contributed by atoms with van der Waals surface area (Å²) in [5, 5.41) is 10.5. The number of carbonyl (C=O) groups is 1. The monoisotopic (exact) mass is 345 g/mol. The van der Waals surface area contributed by atoms with Crippen LogP contribution in [0.5, 0.6) is 0 Å². The van der Waals surface area contributed by atoms with Crippen LogP contribution in [0.15, 0.2) is 29.6 Å². The molecule has 1 amide bonds. The number of amides is 1. The lowest BCUT2D eigenvalue weighted by Crippen LogP contribution is -2.29. The Morgan fingerprint density at radius 2 is 2.35 bits per heavy atom. The summed E-state index contributed by atoms with van der Waals surface area (Å²) in [6.45, 7) is 1.50. The number of fused-ring (bicyclic) bond motifs is 3. The van der Waals surface area contributed by atoms with Crippen molar-refractivity contribution < 1.29 is 4.79 Å². The Bertz CT molecular complexity index is 788. The van der Waals surface area contributed by atoms with Gasteiger partial charge in [0.1, 0.15) is 6.04 Å². The minimum Gasteiger partial charge on any atom is -0.302 e. The molecule has 0 saturated carbocycles. The fourth-order valence-electron chi connectivity index (χ4n) is 2.92. The molecule has 23 heavy (non-hydrogen) atoms. The number of hydrogen-bond donors (Lipinski definition) is 1. The van der Waals surface area contributed by atoms with Gasteiger partial charge in [0.15, 0.2) is 5.13 Å². The minimum atomic E-state index is -0.0904. The third kappa shape index (κ3) is 2.51. The van der Waals surface area contributed by atoms with Crippen LogP contribution in [-0.4, -0.2) is 38.9 Å². The van der Waals surface area contributed by atoms with Crippen LogP contribution in [0.2, 0.25) is 0 Å². The van der Waals surface area contributed by atoms with Gasteiger partial charge < -0.3 is 5.32 Å². The summed E-state index contributed by atoms with van der Waals surface area (Å²) < 4.78 is 0. The molecule has 0 aliphatic carbocycles. The predicted octanol–water partition coefficient (Wildman–Crippen LogP) is 2.50. The second-order valence-electron chi connectivity index (χ2n) is 5.49. The molecular formula is C15H15N5OS2. The molecule has 0 aromatic carbocycles. The van der Waals surface area contributed by atoms with Gasteiger partial charge in [0, 0.05) is 37.7 Å². The summed E-state index contributed by atoms with van der Waals surface area (Å²) in [5.41, 5.74) is 3.18. The smallest absolute Gasteiger partial charge is 0.223 e. The molecular weight excluding hydrogens is 330 g/mol. The molecule has 0 fully saturated rings. The van der Waals surface area contributed by atoms with E-state index in [1.165, 1.54) is 11.8 Å². The summed E-state index contributed by atoms with van der Waals surface area (Å²) in [6, 6.07) is 4.15. The van der Waals surface area contributed by atoms with Crippen LogP contribution in [-0.2, 0) is 10.5 Å². The minimum absolute atomic E-state index is 0.0904. The molecule has 1 N–H and O–H groups in total. The van der Waals surface area contributed by atoms with Crippen molar-refractivity contribution in [2.24, 2.45) is 5.10 Å². The van der Waals surface area contributed by atoms with Gasteiger partial charge in [0.2, 0.25) is 5.91 Å². The van der Waals surface area contributed by atoms with Gasteiger partial charge in [0.05, 0.1) is 21.5 Å². The summed E-state index contributed by atoms with van der Waals surface area (Å²) in [5.74, 6) is 0.743. The van der Waals surface area contributed by atoms with Crippen LogP contribution in [0, 0.1) is 0 Å². The molecule has 6 nitrogen and oxygen atoms in total. The number of aromatic nitrogens is 2. The van der Waals surface area contributed by atoms with E-state index in [9.17, 15) is 4.79 Å². The van der Waals surface area contributed by atoms with Crippen molar-refractivity contribution >= 4 is 39.8 Å². The van der Waals surface area contributed by atoms with Crippen molar-refractivity contribution in [2.45, 2.75) is 24.0 Å². The van der Waals surface area contributed by atoms with Crippen LogP contribution in [0.1, 0.15) is 29.1 Å². The normalized spacial score (nSPS) is 22.3. The number of pyridine rings is 1. The van der Waals surface area contributed by atoms with E-state index in [4.69, 9.17) is 5.10 Å². The van der Waals surface area contributed by atoms with E-state index < -0.39 is 0 Å². The third-order valence-corrected chi connectivity index (χ3v) is 6.22. The van der Waals surface area contributed by atoms with E-state index in [-0.39, 0.29) is 17.2 Å². The predicted molar refractivity (Wildman–Crippen MR) is 92.8 cm³/mol. The SMILES string of the molecule is CC(=O)Nc1nc2c(s1)C1C(SC2)C(c2cccnc2)=NN1C. The van der Waals surface area contributed by atoms with E-state index in [2.05, 4.69) is 15.3 Å². The highest BCUT2D eigenvalue weighted by molar-refractivity contribution is 8.00. The van der Waals surface area contributed by atoms with Crippen LogP contribution < -0.4 is 5.32 Å². The first-order valence-electron chi connectivity index (χ1n) is 7.24. The second-order valence-corrected chi connectivity index (χ2v) is 7.65. The molecule has 0 bridgehead atoms. The Labute approximate surface area is 142 Å². The number of thioether (sulfide) groups is 1. The van der Waals surface area contributed by atoms with Crippen molar-refractivity contribution in [1.82, 2.24) is 15.0 Å². The standard InChI is InChI=1S/C15H15N5OS2/c1-8(21)17-15-18-10-7-22-14-11(9-4-3-5-16-6-9)19-20(2)12(14)13(10)23-15/h3-6,12,14H,7H2,1-2H3,(H,17,18,21). The summed E-state index contributed by atoms with van der Waals surface area (Å²) in [6.07, 6.45) is 3.63. The highest BCUT2D eigenvalue weighted by Crippen LogP contribution is 2.48. The first kappa shape index (κ1) is 14.6. The number of hydrazone groups is 1. The molecule has 2 aromatic heterocycles. The van der Waals surface area contributed by atoms with Crippen molar-refractivity contribution in [1.29, 1.82) is 0 Å². The molecule has 118 valence electrons. The number of rotatable bonds is 2. The zero-order valence-electron chi connectivity index (χ0n) is 12.7. The molecule has 0 radical (unpaired) electrons. The summed E-state index contributed by atoms with van der Waals surface area (Å²) in [7, 11) is 1.99. The van der Waals surface area contributed by atoms with Crippen LogP contribution in [0.3, 0.4) is 0 Å². The van der Waals surface area contributed by atoms with Gasteiger partial charge in [0.25, 0.3) is 0 Å². The molecule has 0 spiro atoms. The highest BCUT2D eigenvalue weighted by Gasteiger charge is 2.43. The lowest BCUT2D eigenvalue weighted by Gasteiger charge is -2.28. The van der Waals surface area contributed by atoms with Gasteiger partial charge in [-0.15, -0.1) is 11.8 Å². The molecule has 2 unspecified atom stereocenters. The number of anilines is 1. The third-order valence-electron chi connectivity index (χ3n) is 3.86. The van der Waals surface area contributed by atoms with Gasteiger partial charge >= 0.3 is 0 Å². The molecule has 2 aromatic rings. The maximum Gasteiger partial charge on any atom is 0.223 e. The quantitative estimate of drug-likeness (QED) is 0.905. The lowest BCUT2D eigenvalue weighted by molar-refractivity contribution is -0.114. The molecule has 2 aliphatic heterocycles. The lowest BCUT2D eigenvalue weighted by atomic mass is 10.0. The second kappa shape index (κ2) is 5.61. The summed E-state index contributed by atoms with van der Waals surface area (Å²) in [4.78, 5) is 21.2. The van der Waals surface area contributed by atoms with E-state index in [1.807, 2.05) is 42.1 Å². The fraction of sp³-hybridized carbons (Fsp3) is 0.333. The van der Waals surface area contributed by atoms with Crippen molar-refractivity contribution in [2.75, 3.05) is 12.4 Å². The topological polar surface area (TPSA) is 70.5 Å². The average Bonchev–Trinajstić information content (AvgIpc) is 3.08. The van der Waals surface area contributed by atoms with Gasteiger partial charge in [-0.25, -0.2) is 4.98 Å². The average molecular weight is 345 g/mol. The number of thiazole rings is 1. The van der Waals surface area contributed by atoms with Crippen LogP contribution >= 0.6 is 23.1 Å². The Kier molecular flexibility index (Phi) is 3.57. The maximum absolute atomic E-state index is 11.3. The Balaban J connectivity index is 1.69. The van der Waals surface area contributed by atoms with Crippen LogP contribution in [0.25, 0.3) is 0 Å². The molecule has 2 aliphatic rings. The Hall–Kier alpha value is -1.93. The van der Waals surface area contributed by atoms with E-state index in [0.29, 0.717) is 5.13 Å². The number of nitrogens with one attached hydrogen (secondary N) is 1. The largest absolute Gasteiger partial charge is 0.302 e. The van der Waals surface area contributed by atoms with Crippen LogP contribution in [0.4, 0.5) is 5.13 Å². The van der Waals surface area contributed by atoms with Crippen molar-refractivity contribution in [3.05, 3.63) is 40.7 Å². The molecule has 4 rings (SSSR count). The first-order valence-corrected chi connectivity index (χ1v) is 9.10. The van der Waals surface area contributed by atoms with Gasteiger partial charge in [-0.2, -0.15) is 5.10 Å². The fourth-order valence-corrected chi connectivity index (χ4v) is 5.69. The maximum atomic E-state index is 11.3. The van der Waals surface area contributed by atoms with Crippen molar-refractivity contribution in [3.63, 3.8) is 0 Å². The van der Waals surface area contributed by atoms with Gasteiger partial charge in [-0.1, -0.05) is 11.3 Å². The van der Waals surface area contributed by atoms with Crippen molar-refractivity contribution in [3.8, 4) is 0 Å². The molecule has 0 saturated heterocycles. The van der Waals surface area contributed by atoms with Gasteiger partial charge in [-0.05, 0) is 12.1 Å². The zero-order valence-corrected chi connectivity index (χ0v) is 14.3. The molecule has 2 atom stereocenters. The number of carbonyl (C=O) groups excluding carboxylic acids is 1. The van der Waals surface area contributed by atoms with Gasteiger partial charge in [-0.3, -0.25) is 14.8 Å². The first-order chi connectivity index (χ1) is 11.1.